The first-order chi connectivity index (χ1) is 5.58. The van der Waals surface area contributed by atoms with Crippen LogP contribution in [0.3, 0.4) is 0 Å². The van der Waals surface area contributed by atoms with Crippen molar-refractivity contribution in [1.82, 2.24) is 0 Å². The molecule has 0 aromatic rings. The molecule has 12 heavy (non-hydrogen) atoms. The van der Waals surface area contributed by atoms with Gasteiger partial charge < -0.3 is 4.79 Å². The van der Waals surface area contributed by atoms with Crippen molar-refractivity contribution in [2.45, 2.75) is 46.5 Å². The summed E-state index contributed by atoms with van der Waals surface area (Å²) in [6, 6.07) is 0. The second-order valence-electron chi connectivity index (χ2n) is 4.80. The Balaban J connectivity index is 2.60. The van der Waals surface area contributed by atoms with Crippen LogP contribution in [0.1, 0.15) is 46.5 Å². The molecule has 0 aromatic heterocycles. The first kappa shape index (κ1) is 9.76. The molecule has 1 saturated carbocycles. The molecule has 1 nitrogen and oxygen atoms in total. The van der Waals surface area contributed by atoms with E-state index in [0.717, 1.165) is 19.1 Å². The van der Waals surface area contributed by atoms with Gasteiger partial charge >= 0.3 is 0 Å². The van der Waals surface area contributed by atoms with Gasteiger partial charge in [0.1, 0.15) is 6.29 Å². The minimum Gasteiger partial charge on any atom is -0.303 e. The fraction of sp³-hybridized carbons (Fsp3) is 0.909. The lowest BCUT2D eigenvalue weighted by Crippen LogP contribution is -2.31. The van der Waals surface area contributed by atoms with Gasteiger partial charge in [-0.3, -0.25) is 0 Å². The van der Waals surface area contributed by atoms with Gasteiger partial charge in [-0.2, -0.15) is 0 Å². The number of hydrogen-bond donors (Lipinski definition) is 0. The SMILES string of the molecule is CC(C)C1(C)CCCC(C=O)C1. The van der Waals surface area contributed by atoms with Gasteiger partial charge in [0.25, 0.3) is 0 Å². The van der Waals surface area contributed by atoms with E-state index in [9.17, 15) is 4.79 Å². The molecule has 0 heterocycles. The molecule has 0 radical (unpaired) electrons. The van der Waals surface area contributed by atoms with Crippen LogP contribution in [0.2, 0.25) is 0 Å². The molecule has 2 atom stereocenters. The van der Waals surface area contributed by atoms with Crippen molar-refractivity contribution in [2.75, 3.05) is 0 Å². The third kappa shape index (κ3) is 1.88. The van der Waals surface area contributed by atoms with Gasteiger partial charge in [0, 0.05) is 5.92 Å². The molecule has 0 bridgehead atoms. The van der Waals surface area contributed by atoms with Crippen molar-refractivity contribution in [3.05, 3.63) is 0 Å². The Labute approximate surface area is 75.5 Å². The zero-order valence-electron chi connectivity index (χ0n) is 8.47. The van der Waals surface area contributed by atoms with Gasteiger partial charge in [0.2, 0.25) is 0 Å². The van der Waals surface area contributed by atoms with Gasteiger partial charge in [-0.15, -0.1) is 0 Å². The number of carbonyl (C=O) groups excluding carboxylic acids is 1. The average molecular weight is 168 g/mol. The molecular formula is C11H20O. The average Bonchev–Trinajstić information content (AvgIpc) is 2.04. The molecule has 1 aliphatic carbocycles. The Morgan fingerprint density at radius 1 is 1.50 bits per heavy atom. The fourth-order valence-corrected chi connectivity index (χ4v) is 2.21. The highest BCUT2D eigenvalue weighted by Gasteiger charge is 2.34. The van der Waals surface area contributed by atoms with Crippen LogP contribution in [0, 0.1) is 17.3 Å². The summed E-state index contributed by atoms with van der Waals surface area (Å²) in [7, 11) is 0. The van der Waals surface area contributed by atoms with E-state index in [1.807, 2.05) is 0 Å². The standard InChI is InChI=1S/C11H20O/c1-9(2)11(3)6-4-5-10(7-11)8-12/h8-10H,4-7H2,1-3H3. The maximum Gasteiger partial charge on any atom is 0.123 e. The number of aldehydes is 1. The van der Waals surface area contributed by atoms with Crippen LogP contribution < -0.4 is 0 Å². The first-order valence-electron chi connectivity index (χ1n) is 5.04. The lowest BCUT2D eigenvalue weighted by Gasteiger charge is -2.39. The van der Waals surface area contributed by atoms with Gasteiger partial charge in [0.15, 0.2) is 0 Å². The number of hydrogen-bond acceptors (Lipinski definition) is 1. The molecule has 1 aliphatic rings. The summed E-state index contributed by atoms with van der Waals surface area (Å²) in [4.78, 5) is 10.7. The van der Waals surface area contributed by atoms with E-state index in [0.29, 0.717) is 17.3 Å². The van der Waals surface area contributed by atoms with Crippen molar-refractivity contribution < 1.29 is 4.79 Å². The lowest BCUT2D eigenvalue weighted by molar-refractivity contribution is -0.113. The van der Waals surface area contributed by atoms with Gasteiger partial charge in [-0.25, -0.2) is 0 Å². The molecule has 0 saturated heterocycles. The maximum atomic E-state index is 10.7. The summed E-state index contributed by atoms with van der Waals surface area (Å²) < 4.78 is 0. The molecular weight excluding hydrogens is 148 g/mol. The summed E-state index contributed by atoms with van der Waals surface area (Å²) in [5.74, 6) is 1.05. The topological polar surface area (TPSA) is 17.1 Å². The summed E-state index contributed by atoms with van der Waals surface area (Å²) in [6.45, 7) is 6.87. The Kier molecular flexibility index (Phi) is 2.92. The quantitative estimate of drug-likeness (QED) is 0.579. The van der Waals surface area contributed by atoms with Crippen LogP contribution in [0.5, 0.6) is 0 Å². The predicted octanol–water partition coefficient (Wildman–Crippen LogP) is 3.04. The molecule has 1 fully saturated rings. The van der Waals surface area contributed by atoms with Gasteiger partial charge in [-0.05, 0) is 30.6 Å². The third-order valence-corrected chi connectivity index (χ3v) is 3.64. The summed E-state index contributed by atoms with van der Waals surface area (Å²) in [5.41, 5.74) is 0.420. The second kappa shape index (κ2) is 3.59. The van der Waals surface area contributed by atoms with E-state index in [1.54, 1.807) is 0 Å². The Hall–Kier alpha value is -0.330. The molecule has 0 aliphatic heterocycles. The Bertz CT molecular complexity index is 162. The van der Waals surface area contributed by atoms with E-state index in [1.165, 1.54) is 12.8 Å². The molecule has 0 N–H and O–H groups in total. The lowest BCUT2D eigenvalue weighted by atomic mass is 9.65. The van der Waals surface area contributed by atoms with E-state index in [2.05, 4.69) is 20.8 Å². The largest absolute Gasteiger partial charge is 0.303 e. The zero-order valence-corrected chi connectivity index (χ0v) is 8.47. The van der Waals surface area contributed by atoms with Crippen molar-refractivity contribution in [1.29, 1.82) is 0 Å². The Morgan fingerprint density at radius 2 is 2.17 bits per heavy atom. The van der Waals surface area contributed by atoms with Crippen molar-refractivity contribution in [2.24, 2.45) is 17.3 Å². The van der Waals surface area contributed by atoms with E-state index in [4.69, 9.17) is 0 Å². The minimum atomic E-state index is 0.339. The second-order valence-corrected chi connectivity index (χ2v) is 4.80. The van der Waals surface area contributed by atoms with Crippen LogP contribution in [0.15, 0.2) is 0 Å². The highest BCUT2D eigenvalue weighted by Crippen LogP contribution is 2.43. The minimum absolute atomic E-state index is 0.339. The monoisotopic (exact) mass is 168 g/mol. The van der Waals surface area contributed by atoms with Crippen molar-refractivity contribution >= 4 is 6.29 Å². The van der Waals surface area contributed by atoms with Gasteiger partial charge in [-0.1, -0.05) is 27.2 Å². The molecule has 70 valence electrons. The molecule has 2 unspecified atom stereocenters. The predicted molar refractivity (Wildman–Crippen MR) is 51.0 cm³/mol. The summed E-state index contributed by atoms with van der Waals surface area (Å²) >= 11 is 0. The summed E-state index contributed by atoms with van der Waals surface area (Å²) in [5, 5.41) is 0. The van der Waals surface area contributed by atoms with E-state index >= 15 is 0 Å². The van der Waals surface area contributed by atoms with Crippen LogP contribution in [-0.2, 0) is 4.79 Å². The highest BCUT2D eigenvalue weighted by atomic mass is 16.1. The molecule has 0 amide bonds. The normalized spacial score (nSPS) is 36.8. The molecule has 1 heteroatoms. The van der Waals surface area contributed by atoms with Crippen molar-refractivity contribution in [3.8, 4) is 0 Å². The smallest absolute Gasteiger partial charge is 0.123 e. The molecule has 1 rings (SSSR count). The van der Waals surface area contributed by atoms with Crippen LogP contribution in [0.25, 0.3) is 0 Å². The number of carbonyl (C=O) groups is 1. The fourth-order valence-electron chi connectivity index (χ4n) is 2.21. The maximum absolute atomic E-state index is 10.7. The summed E-state index contributed by atoms with van der Waals surface area (Å²) in [6.07, 6.45) is 5.91. The van der Waals surface area contributed by atoms with Crippen LogP contribution in [0.4, 0.5) is 0 Å². The Morgan fingerprint density at radius 3 is 2.67 bits per heavy atom. The molecule has 0 aromatic carbocycles. The van der Waals surface area contributed by atoms with Gasteiger partial charge in [0.05, 0.1) is 0 Å². The van der Waals surface area contributed by atoms with E-state index in [-0.39, 0.29) is 0 Å². The van der Waals surface area contributed by atoms with Crippen LogP contribution >= 0.6 is 0 Å². The van der Waals surface area contributed by atoms with Crippen LogP contribution in [-0.4, -0.2) is 6.29 Å². The number of rotatable bonds is 2. The third-order valence-electron chi connectivity index (χ3n) is 3.64. The molecule has 0 spiro atoms. The van der Waals surface area contributed by atoms with E-state index < -0.39 is 0 Å². The highest BCUT2D eigenvalue weighted by molar-refractivity contribution is 5.53. The first-order valence-corrected chi connectivity index (χ1v) is 5.04. The van der Waals surface area contributed by atoms with Crippen molar-refractivity contribution in [3.63, 3.8) is 0 Å². The zero-order chi connectivity index (χ0) is 9.19.